The third-order valence-electron chi connectivity index (χ3n) is 5.93. The molecule has 1 aliphatic heterocycles. The average molecular weight is 315 g/mol. The van der Waals surface area contributed by atoms with Gasteiger partial charge in [-0.15, -0.1) is 0 Å². The third-order valence-corrected chi connectivity index (χ3v) is 5.93. The molecule has 0 bridgehead atoms. The molecule has 0 fully saturated rings. The second-order valence-electron chi connectivity index (χ2n) is 7.08. The second kappa shape index (κ2) is 5.25. The molecule has 0 aromatic heterocycles. The Kier molecular flexibility index (Phi) is 3.43. The van der Waals surface area contributed by atoms with Gasteiger partial charge >= 0.3 is 0 Å². The Balaban J connectivity index is 1.97. The van der Waals surface area contributed by atoms with Crippen molar-refractivity contribution in [2.45, 2.75) is 56.3 Å². The van der Waals surface area contributed by atoms with Crippen LogP contribution in [0.2, 0.25) is 0 Å². The molecule has 0 saturated heterocycles. The van der Waals surface area contributed by atoms with Crippen LogP contribution in [0.1, 0.15) is 37.3 Å². The van der Waals surface area contributed by atoms with Gasteiger partial charge in [-0.1, -0.05) is 38.0 Å². The predicted octanol–water partition coefficient (Wildman–Crippen LogP) is 2.31. The van der Waals surface area contributed by atoms with Crippen LogP contribution in [0.5, 0.6) is 11.5 Å². The molecule has 4 rings (SSSR count). The van der Waals surface area contributed by atoms with E-state index in [0.717, 1.165) is 37.2 Å². The van der Waals surface area contributed by atoms with Crippen LogP contribution in [0.15, 0.2) is 24.3 Å². The Bertz CT molecular complexity index is 656. The van der Waals surface area contributed by atoms with E-state index in [4.69, 9.17) is 15.2 Å². The van der Waals surface area contributed by atoms with Crippen LogP contribution in [0.25, 0.3) is 0 Å². The lowest BCUT2D eigenvalue weighted by Gasteiger charge is -2.49. The smallest absolute Gasteiger partial charge is 0.165 e. The number of rotatable bonds is 4. The number of aliphatic hydroxyl groups is 1. The minimum atomic E-state index is -0.599. The molecule has 0 saturated carbocycles. The van der Waals surface area contributed by atoms with Gasteiger partial charge in [-0.2, -0.15) is 0 Å². The minimum absolute atomic E-state index is 0.0635. The first-order valence-electron chi connectivity index (χ1n) is 8.62. The van der Waals surface area contributed by atoms with Crippen LogP contribution in [-0.2, 0) is 11.8 Å². The van der Waals surface area contributed by atoms with Crippen molar-refractivity contribution in [3.05, 3.63) is 35.4 Å². The molecule has 0 radical (unpaired) electrons. The molecule has 0 spiro atoms. The van der Waals surface area contributed by atoms with Crippen LogP contribution in [-0.4, -0.2) is 30.5 Å². The number of nitrogens with two attached hydrogens (primary N) is 1. The van der Waals surface area contributed by atoms with Crippen molar-refractivity contribution in [1.82, 2.24) is 0 Å². The summed E-state index contributed by atoms with van der Waals surface area (Å²) in [5.74, 6) is 1.80. The number of unbranched alkanes of at least 4 members (excludes halogenated alkanes) is 1. The van der Waals surface area contributed by atoms with E-state index in [-0.39, 0.29) is 23.5 Å². The van der Waals surface area contributed by atoms with Gasteiger partial charge in [0.05, 0.1) is 7.11 Å². The lowest BCUT2D eigenvalue weighted by atomic mass is 9.55. The standard InChI is InChI=1S/C19H25NO3/c1-3-4-9-19-12-6-7-14(21)18(19)23-17-15(22-2)8-5-11(16(17)19)10-13(12)20/h5-8,12-14,18,21H,3-4,9-10,20H2,1-2H3/t12?,13?,14?,18?,19-/m0/s1. The highest BCUT2D eigenvalue weighted by Crippen LogP contribution is 2.60. The van der Waals surface area contributed by atoms with E-state index in [1.54, 1.807) is 7.11 Å². The molecule has 5 atom stereocenters. The first kappa shape index (κ1) is 15.0. The highest BCUT2D eigenvalue weighted by Gasteiger charge is 2.61. The van der Waals surface area contributed by atoms with E-state index >= 15 is 0 Å². The van der Waals surface area contributed by atoms with Crippen LogP contribution in [0.3, 0.4) is 0 Å². The number of benzene rings is 1. The summed E-state index contributed by atoms with van der Waals surface area (Å²) in [6.07, 6.45) is 7.18. The third kappa shape index (κ3) is 1.85. The largest absolute Gasteiger partial charge is 0.493 e. The predicted molar refractivity (Wildman–Crippen MR) is 88.9 cm³/mol. The van der Waals surface area contributed by atoms with Crippen LogP contribution < -0.4 is 15.2 Å². The molecule has 124 valence electrons. The lowest BCUT2D eigenvalue weighted by Crippen LogP contribution is -2.59. The van der Waals surface area contributed by atoms with Crippen molar-refractivity contribution in [1.29, 1.82) is 0 Å². The maximum Gasteiger partial charge on any atom is 0.165 e. The highest BCUT2D eigenvalue weighted by atomic mass is 16.5. The molecule has 4 nitrogen and oxygen atoms in total. The number of methoxy groups -OCH3 is 1. The summed E-state index contributed by atoms with van der Waals surface area (Å²) < 4.78 is 11.8. The number of ether oxygens (including phenoxy) is 2. The maximum absolute atomic E-state index is 10.6. The average Bonchev–Trinajstić information content (AvgIpc) is 2.91. The summed E-state index contributed by atoms with van der Waals surface area (Å²) in [7, 11) is 1.67. The summed E-state index contributed by atoms with van der Waals surface area (Å²) in [5.41, 5.74) is 8.82. The van der Waals surface area contributed by atoms with E-state index in [9.17, 15) is 5.11 Å². The summed E-state index contributed by atoms with van der Waals surface area (Å²) in [5, 5.41) is 10.6. The van der Waals surface area contributed by atoms with Crippen LogP contribution >= 0.6 is 0 Å². The van der Waals surface area contributed by atoms with Crippen molar-refractivity contribution < 1.29 is 14.6 Å². The Labute approximate surface area is 137 Å². The van der Waals surface area contributed by atoms with Crippen LogP contribution in [0, 0.1) is 5.92 Å². The van der Waals surface area contributed by atoms with Gasteiger partial charge in [-0.05, 0) is 24.5 Å². The molecule has 1 aromatic carbocycles. The zero-order valence-electron chi connectivity index (χ0n) is 13.8. The molecular weight excluding hydrogens is 290 g/mol. The van der Waals surface area contributed by atoms with Gasteiger partial charge in [0, 0.05) is 22.9 Å². The Morgan fingerprint density at radius 2 is 2.22 bits per heavy atom. The molecular formula is C19H25NO3. The molecule has 2 aliphatic carbocycles. The van der Waals surface area contributed by atoms with Gasteiger partial charge in [0.1, 0.15) is 12.2 Å². The highest BCUT2D eigenvalue weighted by molar-refractivity contribution is 5.61. The zero-order chi connectivity index (χ0) is 16.2. The van der Waals surface area contributed by atoms with Crippen molar-refractivity contribution in [3.8, 4) is 11.5 Å². The number of aliphatic hydroxyl groups excluding tert-OH is 1. The summed E-state index contributed by atoms with van der Waals surface area (Å²) >= 11 is 0. The monoisotopic (exact) mass is 315 g/mol. The maximum atomic E-state index is 10.6. The fourth-order valence-electron chi connectivity index (χ4n) is 4.98. The normalized spacial score (nSPS) is 36.5. The van der Waals surface area contributed by atoms with Crippen molar-refractivity contribution in [3.63, 3.8) is 0 Å². The number of hydrogen-bond acceptors (Lipinski definition) is 4. The summed E-state index contributed by atoms with van der Waals surface area (Å²) in [6, 6.07) is 4.15. The van der Waals surface area contributed by atoms with Crippen molar-refractivity contribution >= 4 is 0 Å². The van der Waals surface area contributed by atoms with Gasteiger partial charge < -0.3 is 20.3 Å². The molecule has 0 amide bonds. The Morgan fingerprint density at radius 1 is 1.39 bits per heavy atom. The first-order valence-corrected chi connectivity index (χ1v) is 8.62. The fraction of sp³-hybridized carbons (Fsp3) is 0.579. The van der Waals surface area contributed by atoms with E-state index in [2.05, 4.69) is 19.1 Å². The SMILES string of the molecule is CCCC[C@]12c3c4ccc(OC)c3OC1C(O)C=CC2C(N)C4. The molecule has 3 N–H and O–H groups in total. The Morgan fingerprint density at radius 3 is 2.96 bits per heavy atom. The van der Waals surface area contributed by atoms with Gasteiger partial charge in [0.25, 0.3) is 0 Å². The van der Waals surface area contributed by atoms with Crippen molar-refractivity contribution in [2.24, 2.45) is 11.7 Å². The van der Waals surface area contributed by atoms with Gasteiger partial charge in [0.15, 0.2) is 11.5 Å². The fourth-order valence-corrected chi connectivity index (χ4v) is 4.98. The zero-order valence-corrected chi connectivity index (χ0v) is 13.8. The molecule has 23 heavy (non-hydrogen) atoms. The molecule has 1 aromatic rings. The van der Waals surface area contributed by atoms with E-state index in [1.807, 2.05) is 12.1 Å². The number of hydrogen-bond donors (Lipinski definition) is 2. The van der Waals surface area contributed by atoms with Gasteiger partial charge in [-0.3, -0.25) is 0 Å². The lowest BCUT2D eigenvalue weighted by molar-refractivity contribution is -0.00520. The van der Waals surface area contributed by atoms with E-state index in [0.29, 0.717) is 0 Å². The van der Waals surface area contributed by atoms with Crippen LogP contribution in [0.4, 0.5) is 0 Å². The van der Waals surface area contributed by atoms with Crippen molar-refractivity contribution in [2.75, 3.05) is 7.11 Å². The van der Waals surface area contributed by atoms with Gasteiger partial charge in [-0.25, -0.2) is 0 Å². The first-order chi connectivity index (χ1) is 11.1. The molecule has 1 heterocycles. The minimum Gasteiger partial charge on any atom is -0.493 e. The Hall–Kier alpha value is -1.52. The van der Waals surface area contributed by atoms with E-state index in [1.165, 1.54) is 11.1 Å². The molecule has 3 aliphatic rings. The van der Waals surface area contributed by atoms with Gasteiger partial charge in [0.2, 0.25) is 0 Å². The molecule has 4 unspecified atom stereocenters. The quantitative estimate of drug-likeness (QED) is 0.837. The summed E-state index contributed by atoms with van der Waals surface area (Å²) in [6.45, 7) is 2.20. The summed E-state index contributed by atoms with van der Waals surface area (Å²) in [4.78, 5) is 0. The van der Waals surface area contributed by atoms with E-state index < -0.39 is 6.10 Å². The molecule has 4 heteroatoms. The topological polar surface area (TPSA) is 64.7 Å². The second-order valence-corrected chi connectivity index (χ2v) is 7.08.